The summed E-state index contributed by atoms with van der Waals surface area (Å²) in [6.45, 7) is 0. The molecule has 0 saturated heterocycles. The molecule has 2 aromatic carbocycles. The van der Waals surface area contributed by atoms with Crippen molar-refractivity contribution in [3.8, 4) is 0 Å². The first-order valence-electron chi connectivity index (χ1n) is 5.09. The quantitative estimate of drug-likeness (QED) is 0.607. The summed E-state index contributed by atoms with van der Waals surface area (Å²) in [7, 11) is 0. The molecule has 3 nitrogen and oxygen atoms in total. The van der Waals surface area contributed by atoms with Gasteiger partial charge in [-0.25, -0.2) is 0 Å². The van der Waals surface area contributed by atoms with Crippen LogP contribution in [0.15, 0.2) is 60.7 Å². The van der Waals surface area contributed by atoms with Crippen molar-refractivity contribution in [2.75, 3.05) is 0 Å². The molecule has 2 aromatic rings. The van der Waals surface area contributed by atoms with Crippen molar-refractivity contribution < 1.29 is 13.4 Å². The van der Waals surface area contributed by atoms with Gasteiger partial charge in [0.25, 0.3) is 0 Å². The molecule has 0 fully saturated rings. The van der Waals surface area contributed by atoms with Crippen molar-refractivity contribution in [2.45, 2.75) is 0 Å². The summed E-state index contributed by atoms with van der Waals surface area (Å²) in [5, 5.41) is 0. The third-order valence-electron chi connectivity index (χ3n) is 2.02. The zero-order valence-corrected chi connectivity index (χ0v) is 13.3. The summed E-state index contributed by atoms with van der Waals surface area (Å²) < 4.78 is 39.3. The van der Waals surface area contributed by atoms with E-state index in [1.807, 2.05) is 12.1 Å². The van der Waals surface area contributed by atoms with Crippen LogP contribution in [0.3, 0.4) is 0 Å². The summed E-state index contributed by atoms with van der Waals surface area (Å²) in [6.07, 6.45) is 0. The van der Waals surface area contributed by atoms with E-state index in [2.05, 4.69) is 0 Å². The predicted molar refractivity (Wildman–Crippen MR) is 75.2 cm³/mol. The Labute approximate surface area is 115 Å². The number of rotatable bonds is 4. The van der Waals surface area contributed by atoms with Gasteiger partial charge in [-0.1, -0.05) is 0 Å². The topological polar surface area (TPSA) is 46.5 Å². The van der Waals surface area contributed by atoms with Gasteiger partial charge in [0, 0.05) is 0 Å². The van der Waals surface area contributed by atoms with Gasteiger partial charge in [-0.2, -0.15) is 0 Å². The number of hydrogen-bond donors (Lipinski definition) is 1. The van der Waals surface area contributed by atoms with E-state index in [1.54, 1.807) is 48.5 Å². The van der Waals surface area contributed by atoms with Crippen molar-refractivity contribution in [1.29, 1.82) is 0 Å². The zero-order chi connectivity index (χ0) is 13.0. The molecule has 0 aliphatic heterocycles. The SMILES string of the molecule is O=[As](O)(F)OI(c1ccccc1)c1ccccc1. The Hall–Kier alpha value is -0.622. The Morgan fingerprint density at radius 1 is 0.944 bits per heavy atom. The summed E-state index contributed by atoms with van der Waals surface area (Å²) in [6, 6.07) is 18.1. The first-order valence-corrected chi connectivity index (χ1v) is 11.2. The number of hydrogen-bond acceptors (Lipinski definition) is 2. The van der Waals surface area contributed by atoms with Crippen LogP contribution in [-0.4, -0.2) is 18.7 Å². The van der Waals surface area contributed by atoms with E-state index in [4.69, 9.17) is 6.15 Å². The summed E-state index contributed by atoms with van der Waals surface area (Å²) in [4.78, 5) is 0. The molecule has 0 aliphatic carbocycles. The molecule has 96 valence electrons. The van der Waals surface area contributed by atoms with Crippen LogP contribution in [-0.2, 0) is 5.79 Å². The van der Waals surface area contributed by atoms with Gasteiger partial charge < -0.3 is 0 Å². The van der Waals surface area contributed by atoms with Gasteiger partial charge in [-0.05, 0) is 0 Å². The van der Waals surface area contributed by atoms with Gasteiger partial charge in [0.2, 0.25) is 0 Å². The maximum atomic E-state index is 13.0. The zero-order valence-electron chi connectivity index (χ0n) is 9.24. The average Bonchev–Trinajstić information content (AvgIpc) is 2.37. The van der Waals surface area contributed by atoms with Crippen molar-refractivity contribution in [2.24, 2.45) is 0 Å². The van der Waals surface area contributed by atoms with Gasteiger partial charge >= 0.3 is 116 Å². The second kappa shape index (κ2) is 6.01. The Morgan fingerprint density at radius 2 is 1.33 bits per heavy atom. The Kier molecular flexibility index (Phi) is 4.61. The molecule has 0 radical (unpaired) electrons. The van der Waals surface area contributed by atoms with Crippen molar-refractivity contribution in [1.82, 2.24) is 0 Å². The molecule has 0 spiro atoms. The molecule has 0 aromatic heterocycles. The minimum absolute atomic E-state index is 0.793. The second-order valence-electron chi connectivity index (χ2n) is 3.36. The first-order chi connectivity index (χ1) is 8.56. The predicted octanol–water partition coefficient (Wildman–Crippen LogP) is 2.99. The van der Waals surface area contributed by atoms with E-state index < -0.39 is 34.9 Å². The average molecular weight is 424 g/mol. The van der Waals surface area contributed by atoms with Crippen molar-refractivity contribution in [3.63, 3.8) is 0 Å². The summed E-state index contributed by atoms with van der Waals surface area (Å²) in [5.41, 5.74) is 0. The van der Waals surface area contributed by atoms with E-state index in [-0.39, 0.29) is 0 Å². The van der Waals surface area contributed by atoms with Crippen LogP contribution in [0.4, 0.5) is 3.47 Å². The second-order valence-corrected chi connectivity index (χ2v) is 11.5. The van der Waals surface area contributed by atoms with E-state index >= 15 is 0 Å². The number of halogens is 2. The van der Waals surface area contributed by atoms with Crippen LogP contribution >= 0.6 is 20.2 Å². The summed E-state index contributed by atoms with van der Waals surface area (Å²) >= 11 is -8.24. The monoisotopic (exact) mass is 424 g/mol. The number of benzene rings is 2. The van der Waals surface area contributed by atoms with E-state index in [0.29, 0.717) is 0 Å². The molecule has 6 heteroatoms. The van der Waals surface area contributed by atoms with Crippen LogP contribution in [0.2, 0.25) is 0 Å². The normalized spacial score (nSPS) is 14.9. The molecule has 18 heavy (non-hydrogen) atoms. The molecule has 2 rings (SSSR count). The first kappa shape index (κ1) is 13.8. The molecule has 0 heterocycles. The molecule has 0 saturated carbocycles. The van der Waals surface area contributed by atoms with Crippen molar-refractivity contribution in [3.05, 3.63) is 67.8 Å². The third kappa shape index (κ3) is 3.95. The Balaban J connectivity index is 2.39. The third-order valence-corrected chi connectivity index (χ3v) is 10.9. The van der Waals surface area contributed by atoms with E-state index in [9.17, 15) is 7.21 Å². The van der Waals surface area contributed by atoms with Crippen LogP contribution in [0.5, 0.6) is 0 Å². The van der Waals surface area contributed by atoms with E-state index in [1.165, 1.54) is 0 Å². The van der Waals surface area contributed by atoms with Gasteiger partial charge in [0.15, 0.2) is 0 Å². The Morgan fingerprint density at radius 3 is 1.67 bits per heavy atom. The molecule has 0 bridgehead atoms. The van der Waals surface area contributed by atoms with Crippen molar-refractivity contribution >= 4 is 34.9 Å². The molecule has 0 aliphatic rings. The molecule has 0 amide bonds. The van der Waals surface area contributed by atoms with Crippen LogP contribution in [0.25, 0.3) is 0 Å². The molecule has 1 N–H and O–H groups in total. The maximum absolute atomic E-state index is 13.0. The van der Waals surface area contributed by atoms with Crippen LogP contribution in [0, 0.1) is 7.14 Å². The minimum atomic E-state index is -5.60. The molecule has 1 atom stereocenters. The van der Waals surface area contributed by atoms with E-state index in [0.717, 1.165) is 7.14 Å². The van der Waals surface area contributed by atoms with Crippen LogP contribution < -0.4 is 0 Å². The van der Waals surface area contributed by atoms with Gasteiger partial charge in [0.05, 0.1) is 0 Å². The fraction of sp³-hybridized carbons (Fsp3) is 0. The standard InChI is InChI=1S/C12H11AsFIO3/c14-13(16,17)18-15(11-7-3-1-4-8-11)12-9-5-2-6-10-12/h1-10H,(H,16,17). The van der Waals surface area contributed by atoms with Gasteiger partial charge in [0.1, 0.15) is 0 Å². The fourth-order valence-corrected chi connectivity index (χ4v) is 9.78. The summed E-state index contributed by atoms with van der Waals surface area (Å²) in [5.74, 6) is 0. The molecular weight excluding hydrogens is 413 g/mol. The van der Waals surface area contributed by atoms with Gasteiger partial charge in [-0.3, -0.25) is 0 Å². The van der Waals surface area contributed by atoms with Crippen LogP contribution in [0.1, 0.15) is 0 Å². The fourth-order valence-electron chi connectivity index (χ4n) is 1.35. The van der Waals surface area contributed by atoms with Gasteiger partial charge in [-0.15, -0.1) is 0 Å². The Bertz CT molecular complexity index is 504. The molecular formula is C12H11AsFIO3. The molecule has 1 unspecified atom stereocenters.